The molecule has 0 unspecified atom stereocenters. The van der Waals surface area contributed by atoms with Gasteiger partial charge in [-0.3, -0.25) is 14.9 Å². The van der Waals surface area contributed by atoms with Gasteiger partial charge in [-0.2, -0.15) is 0 Å². The number of amides is 1. The Hall–Kier alpha value is -2.44. The molecule has 6 nitrogen and oxygen atoms in total. The van der Waals surface area contributed by atoms with Crippen molar-refractivity contribution in [3.8, 4) is 0 Å². The Kier molecular flexibility index (Phi) is 4.26. The number of nitro groups is 1. The molecule has 124 valence electrons. The lowest BCUT2D eigenvalue weighted by Gasteiger charge is -2.22. The van der Waals surface area contributed by atoms with Crippen molar-refractivity contribution in [2.24, 2.45) is 0 Å². The molecule has 0 bridgehead atoms. The van der Waals surface area contributed by atoms with Crippen molar-refractivity contribution in [1.29, 1.82) is 0 Å². The second kappa shape index (κ2) is 6.22. The van der Waals surface area contributed by atoms with E-state index in [1.54, 1.807) is 0 Å². The molecule has 0 saturated heterocycles. The van der Waals surface area contributed by atoms with Crippen molar-refractivity contribution in [2.75, 3.05) is 6.54 Å². The van der Waals surface area contributed by atoms with Crippen LogP contribution in [0.2, 0.25) is 5.02 Å². The van der Waals surface area contributed by atoms with Crippen LogP contribution in [0, 0.1) is 10.1 Å². The minimum atomic E-state index is -1.09. The summed E-state index contributed by atoms with van der Waals surface area (Å²) >= 11 is 5.83. The van der Waals surface area contributed by atoms with Gasteiger partial charge >= 0.3 is 0 Å². The lowest BCUT2D eigenvalue weighted by atomic mass is 10.0. The maximum atomic E-state index is 12.3. The first kappa shape index (κ1) is 16.4. The van der Waals surface area contributed by atoms with E-state index in [2.05, 4.69) is 5.32 Å². The van der Waals surface area contributed by atoms with Crippen LogP contribution in [0.5, 0.6) is 0 Å². The number of aliphatic hydroxyl groups is 1. The van der Waals surface area contributed by atoms with Crippen LogP contribution >= 0.6 is 11.6 Å². The van der Waals surface area contributed by atoms with E-state index in [9.17, 15) is 20.0 Å². The number of nitro benzene ring substituents is 1. The van der Waals surface area contributed by atoms with E-state index in [1.165, 1.54) is 18.2 Å². The summed E-state index contributed by atoms with van der Waals surface area (Å²) in [5.41, 5.74) is 0.559. The zero-order valence-electron chi connectivity index (χ0n) is 12.7. The van der Waals surface area contributed by atoms with Crippen LogP contribution in [-0.4, -0.2) is 28.1 Å². The van der Waals surface area contributed by atoms with Crippen LogP contribution in [0.1, 0.15) is 21.5 Å². The van der Waals surface area contributed by atoms with Gasteiger partial charge in [-0.15, -0.1) is 0 Å². The highest BCUT2D eigenvalue weighted by molar-refractivity contribution is 6.31. The summed E-state index contributed by atoms with van der Waals surface area (Å²) in [5, 5.41) is 24.5. The standard InChI is InChI=1S/C17H15ClN2O4/c18-13-5-6-15(20(23)24)14(7-13)16(21)19-10-17(22)8-11-3-1-2-4-12(11)9-17/h1-7,22H,8-10H2,(H,19,21). The predicted octanol–water partition coefficient (Wildman–Crippen LogP) is 2.51. The Morgan fingerprint density at radius 2 is 1.88 bits per heavy atom. The van der Waals surface area contributed by atoms with Crippen molar-refractivity contribution in [2.45, 2.75) is 18.4 Å². The predicted molar refractivity (Wildman–Crippen MR) is 89.2 cm³/mol. The van der Waals surface area contributed by atoms with E-state index in [0.717, 1.165) is 11.1 Å². The van der Waals surface area contributed by atoms with Gasteiger partial charge < -0.3 is 10.4 Å². The molecule has 1 aliphatic rings. The van der Waals surface area contributed by atoms with Crippen molar-refractivity contribution >= 4 is 23.2 Å². The number of nitrogens with one attached hydrogen (secondary N) is 1. The van der Waals surface area contributed by atoms with Gasteiger partial charge in [-0.25, -0.2) is 0 Å². The van der Waals surface area contributed by atoms with Crippen LogP contribution in [0.3, 0.4) is 0 Å². The number of rotatable bonds is 4. The molecule has 0 atom stereocenters. The first-order chi connectivity index (χ1) is 11.4. The molecule has 7 heteroatoms. The Labute approximate surface area is 143 Å². The molecule has 24 heavy (non-hydrogen) atoms. The maximum absolute atomic E-state index is 12.3. The lowest BCUT2D eigenvalue weighted by molar-refractivity contribution is -0.385. The van der Waals surface area contributed by atoms with Gasteiger partial charge in [0.15, 0.2) is 0 Å². The van der Waals surface area contributed by atoms with Crippen LogP contribution in [-0.2, 0) is 12.8 Å². The van der Waals surface area contributed by atoms with E-state index in [1.807, 2.05) is 24.3 Å². The molecule has 2 aromatic carbocycles. The highest BCUT2D eigenvalue weighted by Crippen LogP contribution is 2.30. The second-order valence-electron chi connectivity index (χ2n) is 5.95. The molecule has 0 spiro atoms. The molecule has 2 N–H and O–H groups in total. The second-order valence-corrected chi connectivity index (χ2v) is 6.38. The van der Waals surface area contributed by atoms with Crippen LogP contribution in [0.25, 0.3) is 0 Å². The fraction of sp³-hybridized carbons (Fsp3) is 0.235. The summed E-state index contributed by atoms with van der Waals surface area (Å²) in [6, 6.07) is 11.5. The quantitative estimate of drug-likeness (QED) is 0.657. The zero-order valence-corrected chi connectivity index (χ0v) is 13.4. The van der Waals surface area contributed by atoms with Crippen molar-refractivity contribution in [3.63, 3.8) is 0 Å². The third-order valence-corrected chi connectivity index (χ3v) is 4.37. The number of carbonyl (C=O) groups is 1. The SMILES string of the molecule is O=C(NCC1(O)Cc2ccccc2C1)c1cc(Cl)ccc1[N+](=O)[O-]. The summed E-state index contributed by atoms with van der Waals surface area (Å²) < 4.78 is 0. The monoisotopic (exact) mass is 346 g/mol. The number of hydrogen-bond donors (Lipinski definition) is 2. The smallest absolute Gasteiger partial charge is 0.282 e. The Morgan fingerprint density at radius 3 is 2.46 bits per heavy atom. The molecule has 0 saturated carbocycles. The van der Waals surface area contributed by atoms with Gasteiger partial charge in [0.1, 0.15) is 5.56 Å². The number of hydrogen-bond acceptors (Lipinski definition) is 4. The fourth-order valence-electron chi connectivity index (χ4n) is 2.99. The number of fused-ring (bicyclic) bond motifs is 1. The summed E-state index contributed by atoms with van der Waals surface area (Å²) in [7, 11) is 0. The zero-order chi connectivity index (χ0) is 17.3. The van der Waals surface area contributed by atoms with Crippen LogP contribution < -0.4 is 5.32 Å². The molecule has 2 aromatic rings. The topological polar surface area (TPSA) is 92.5 Å². The average Bonchev–Trinajstić information content (AvgIpc) is 2.88. The van der Waals surface area contributed by atoms with Crippen molar-refractivity contribution in [3.05, 3.63) is 74.3 Å². The number of carbonyl (C=O) groups excluding carboxylic acids is 1. The first-order valence-electron chi connectivity index (χ1n) is 7.39. The molecule has 0 aliphatic heterocycles. The van der Waals surface area contributed by atoms with E-state index in [4.69, 9.17) is 11.6 Å². The third kappa shape index (κ3) is 3.25. The Morgan fingerprint density at radius 1 is 1.25 bits per heavy atom. The van der Waals surface area contributed by atoms with Crippen molar-refractivity contribution in [1.82, 2.24) is 5.32 Å². The summed E-state index contributed by atoms with van der Waals surface area (Å²) in [6.45, 7) is 0.00415. The number of nitrogens with zero attached hydrogens (tertiary/aromatic N) is 1. The van der Waals surface area contributed by atoms with E-state index >= 15 is 0 Å². The highest BCUT2D eigenvalue weighted by atomic mass is 35.5. The van der Waals surface area contributed by atoms with Crippen molar-refractivity contribution < 1.29 is 14.8 Å². The Bertz CT molecular complexity index is 797. The first-order valence-corrected chi connectivity index (χ1v) is 7.77. The fourth-order valence-corrected chi connectivity index (χ4v) is 3.16. The molecule has 0 fully saturated rings. The third-order valence-electron chi connectivity index (χ3n) is 4.14. The van der Waals surface area contributed by atoms with Gasteiger partial charge in [0.2, 0.25) is 0 Å². The highest BCUT2D eigenvalue weighted by Gasteiger charge is 2.35. The molecule has 1 aliphatic carbocycles. The number of benzene rings is 2. The number of halogens is 1. The molecule has 0 aromatic heterocycles. The summed E-state index contributed by atoms with van der Waals surface area (Å²) in [6.07, 6.45) is 0.863. The summed E-state index contributed by atoms with van der Waals surface area (Å²) in [5.74, 6) is -0.631. The van der Waals surface area contributed by atoms with Gasteiger partial charge in [0, 0.05) is 30.5 Å². The molecule has 0 heterocycles. The lowest BCUT2D eigenvalue weighted by Crippen LogP contribution is -2.43. The average molecular weight is 347 g/mol. The maximum Gasteiger partial charge on any atom is 0.282 e. The minimum Gasteiger partial charge on any atom is -0.387 e. The van der Waals surface area contributed by atoms with Gasteiger partial charge in [0.25, 0.3) is 11.6 Å². The van der Waals surface area contributed by atoms with Gasteiger partial charge in [-0.05, 0) is 23.3 Å². The van der Waals surface area contributed by atoms with E-state index in [-0.39, 0.29) is 22.8 Å². The molecule has 0 radical (unpaired) electrons. The van der Waals surface area contributed by atoms with Crippen LogP contribution in [0.4, 0.5) is 5.69 Å². The van der Waals surface area contributed by atoms with Gasteiger partial charge in [0.05, 0.1) is 10.5 Å². The minimum absolute atomic E-state index is 0.00415. The van der Waals surface area contributed by atoms with Crippen LogP contribution in [0.15, 0.2) is 42.5 Å². The van der Waals surface area contributed by atoms with Gasteiger partial charge in [-0.1, -0.05) is 35.9 Å². The van der Waals surface area contributed by atoms with E-state index < -0.39 is 16.4 Å². The molecular formula is C17H15ClN2O4. The Balaban J connectivity index is 1.73. The molecule has 3 rings (SSSR count). The normalized spacial score (nSPS) is 14.9. The molecular weight excluding hydrogens is 332 g/mol. The molecule has 1 amide bonds. The largest absolute Gasteiger partial charge is 0.387 e. The van der Waals surface area contributed by atoms with E-state index in [0.29, 0.717) is 12.8 Å². The summed E-state index contributed by atoms with van der Waals surface area (Å²) in [4.78, 5) is 22.7.